The van der Waals surface area contributed by atoms with Gasteiger partial charge in [-0.05, 0) is 56.7 Å². The monoisotopic (exact) mass is 350 g/mol. The van der Waals surface area contributed by atoms with Gasteiger partial charge in [0.1, 0.15) is 11.5 Å². The van der Waals surface area contributed by atoms with Crippen molar-refractivity contribution in [3.63, 3.8) is 0 Å². The summed E-state index contributed by atoms with van der Waals surface area (Å²) in [6.45, 7) is 4.98. The molecule has 2 amide bonds. The minimum Gasteiger partial charge on any atom is -0.467 e. The van der Waals surface area contributed by atoms with E-state index in [1.165, 1.54) is 6.20 Å². The number of nitriles is 1. The van der Waals surface area contributed by atoms with Crippen LogP contribution in [0.15, 0.2) is 42.2 Å². The van der Waals surface area contributed by atoms with Crippen LogP contribution in [0.25, 0.3) is 0 Å². The molecule has 2 aliphatic rings. The lowest BCUT2D eigenvalue weighted by molar-refractivity contribution is -0.138. The van der Waals surface area contributed by atoms with Gasteiger partial charge in [-0.25, -0.2) is 4.90 Å². The van der Waals surface area contributed by atoms with Crippen molar-refractivity contribution in [1.82, 2.24) is 10.2 Å². The SMILES string of the molecule is Cc1cc(C#N)ccc1OC1C=CC(N2C(=O)C(=N)C(C)(C)C2=O)=CN1. The quantitative estimate of drug-likeness (QED) is 0.811. The maximum absolute atomic E-state index is 12.4. The molecular weight excluding hydrogens is 332 g/mol. The fourth-order valence-corrected chi connectivity index (χ4v) is 2.75. The van der Waals surface area contributed by atoms with Crippen LogP contribution in [0.3, 0.4) is 0 Å². The van der Waals surface area contributed by atoms with Crippen molar-refractivity contribution >= 4 is 17.5 Å². The number of nitrogens with one attached hydrogen (secondary N) is 2. The van der Waals surface area contributed by atoms with Crippen molar-refractivity contribution in [2.75, 3.05) is 0 Å². The number of aryl methyl sites for hydroxylation is 1. The van der Waals surface area contributed by atoms with Crippen molar-refractivity contribution in [2.24, 2.45) is 5.41 Å². The van der Waals surface area contributed by atoms with E-state index >= 15 is 0 Å². The number of dihydropyridines is 1. The molecule has 1 fully saturated rings. The highest BCUT2D eigenvalue weighted by Gasteiger charge is 2.51. The number of carbonyl (C=O) groups is 2. The molecule has 0 bridgehead atoms. The Morgan fingerprint density at radius 2 is 2.08 bits per heavy atom. The summed E-state index contributed by atoms with van der Waals surface area (Å²) >= 11 is 0. The van der Waals surface area contributed by atoms with Gasteiger partial charge in [0.05, 0.1) is 22.7 Å². The molecule has 0 saturated carbocycles. The fourth-order valence-electron chi connectivity index (χ4n) is 2.75. The van der Waals surface area contributed by atoms with E-state index in [4.69, 9.17) is 15.4 Å². The van der Waals surface area contributed by atoms with Crippen molar-refractivity contribution in [1.29, 1.82) is 10.7 Å². The van der Waals surface area contributed by atoms with Gasteiger partial charge in [0.25, 0.3) is 5.91 Å². The zero-order valence-corrected chi connectivity index (χ0v) is 14.7. The minimum atomic E-state index is -1.13. The molecule has 2 aliphatic heterocycles. The molecular formula is C19H18N4O3. The standard InChI is InChI=1S/C19H18N4O3/c1-11-8-12(9-20)4-6-14(11)26-15-7-5-13(10-22-15)23-17(24)16(21)19(2,3)18(23)25/h4-8,10,15,21-22H,1-3H3. The van der Waals surface area contributed by atoms with E-state index in [0.717, 1.165) is 10.5 Å². The number of imide groups is 1. The van der Waals surface area contributed by atoms with Crippen molar-refractivity contribution in [2.45, 2.75) is 27.0 Å². The smallest absolute Gasteiger partial charge is 0.279 e. The number of hydrogen-bond acceptors (Lipinski definition) is 6. The molecule has 0 aliphatic carbocycles. The summed E-state index contributed by atoms with van der Waals surface area (Å²) < 4.78 is 5.83. The third-order valence-electron chi connectivity index (χ3n) is 4.43. The van der Waals surface area contributed by atoms with Gasteiger partial charge < -0.3 is 10.1 Å². The summed E-state index contributed by atoms with van der Waals surface area (Å²) in [5, 5.41) is 19.7. The maximum Gasteiger partial charge on any atom is 0.279 e. The van der Waals surface area contributed by atoms with Crippen molar-refractivity contribution in [3.05, 3.63) is 53.4 Å². The van der Waals surface area contributed by atoms with Crippen LogP contribution in [0.4, 0.5) is 0 Å². The third kappa shape index (κ3) is 2.75. The number of hydrogen-bond donors (Lipinski definition) is 2. The number of nitrogens with zero attached hydrogens (tertiary/aromatic N) is 2. The van der Waals surface area contributed by atoms with Crippen LogP contribution in [-0.2, 0) is 9.59 Å². The fraction of sp³-hybridized carbons (Fsp3) is 0.263. The van der Waals surface area contributed by atoms with Crippen molar-refractivity contribution < 1.29 is 14.3 Å². The van der Waals surface area contributed by atoms with E-state index in [1.54, 1.807) is 44.2 Å². The Labute approximate surface area is 151 Å². The van der Waals surface area contributed by atoms with Crippen LogP contribution >= 0.6 is 0 Å². The van der Waals surface area contributed by atoms with E-state index in [9.17, 15) is 9.59 Å². The molecule has 1 saturated heterocycles. The largest absolute Gasteiger partial charge is 0.467 e. The summed E-state index contributed by atoms with van der Waals surface area (Å²) in [5.74, 6) is -0.410. The number of carbonyl (C=O) groups excluding carboxylic acids is 2. The molecule has 1 atom stereocenters. The van der Waals surface area contributed by atoms with Crippen LogP contribution in [0.2, 0.25) is 0 Å². The van der Waals surface area contributed by atoms with Gasteiger partial charge in [-0.15, -0.1) is 0 Å². The first-order valence-electron chi connectivity index (χ1n) is 8.05. The first-order chi connectivity index (χ1) is 12.3. The summed E-state index contributed by atoms with van der Waals surface area (Å²) in [4.78, 5) is 25.7. The number of benzene rings is 1. The maximum atomic E-state index is 12.4. The van der Waals surface area contributed by atoms with Gasteiger partial charge in [-0.1, -0.05) is 0 Å². The molecule has 7 nitrogen and oxygen atoms in total. The van der Waals surface area contributed by atoms with Gasteiger partial charge in [0.15, 0.2) is 6.23 Å². The molecule has 132 valence electrons. The Hall–Kier alpha value is -3.40. The van der Waals surface area contributed by atoms with E-state index in [2.05, 4.69) is 11.4 Å². The number of ether oxygens (including phenoxy) is 1. The minimum absolute atomic E-state index is 0.219. The van der Waals surface area contributed by atoms with E-state index < -0.39 is 23.5 Å². The lowest BCUT2D eigenvalue weighted by Crippen LogP contribution is -2.37. The van der Waals surface area contributed by atoms with Crippen LogP contribution in [0.1, 0.15) is 25.0 Å². The molecule has 0 spiro atoms. The van der Waals surface area contributed by atoms with E-state index in [0.29, 0.717) is 17.0 Å². The number of allylic oxidation sites excluding steroid dienone is 1. The van der Waals surface area contributed by atoms with Gasteiger partial charge in [-0.2, -0.15) is 5.26 Å². The first kappa shape index (κ1) is 17.4. The van der Waals surface area contributed by atoms with Gasteiger partial charge in [0, 0.05) is 6.20 Å². The van der Waals surface area contributed by atoms with Crippen LogP contribution in [0.5, 0.6) is 5.75 Å². The topological polar surface area (TPSA) is 106 Å². The van der Waals surface area contributed by atoms with Crippen LogP contribution < -0.4 is 10.1 Å². The van der Waals surface area contributed by atoms with Gasteiger partial charge in [-0.3, -0.25) is 15.0 Å². The predicted molar refractivity (Wildman–Crippen MR) is 94.0 cm³/mol. The van der Waals surface area contributed by atoms with Crippen LogP contribution in [0, 0.1) is 29.1 Å². The number of amides is 2. The zero-order chi connectivity index (χ0) is 19.1. The second-order valence-corrected chi connectivity index (χ2v) is 6.67. The van der Waals surface area contributed by atoms with Crippen molar-refractivity contribution in [3.8, 4) is 11.8 Å². The molecule has 0 radical (unpaired) electrons. The molecule has 26 heavy (non-hydrogen) atoms. The van der Waals surface area contributed by atoms with Gasteiger partial charge in [0.2, 0.25) is 5.91 Å². The molecule has 1 aromatic rings. The van der Waals surface area contributed by atoms with Gasteiger partial charge >= 0.3 is 0 Å². The average Bonchev–Trinajstić information content (AvgIpc) is 2.77. The molecule has 2 heterocycles. The molecule has 1 unspecified atom stereocenters. The normalized spacial score (nSPS) is 21.3. The summed E-state index contributed by atoms with van der Waals surface area (Å²) in [5.41, 5.74) is 0.406. The molecule has 3 rings (SSSR count). The second-order valence-electron chi connectivity index (χ2n) is 6.67. The Morgan fingerprint density at radius 3 is 2.58 bits per heavy atom. The first-order valence-corrected chi connectivity index (χ1v) is 8.05. The average molecular weight is 350 g/mol. The van der Waals surface area contributed by atoms with E-state index in [1.807, 2.05) is 6.92 Å². The van der Waals surface area contributed by atoms with E-state index in [-0.39, 0.29) is 5.71 Å². The predicted octanol–water partition coefficient (Wildman–Crippen LogP) is 1.99. The molecule has 0 aromatic heterocycles. The Bertz CT molecular complexity index is 921. The zero-order valence-electron chi connectivity index (χ0n) is 14.7. The Balaban J connectivity index is 1.73. The van der Waals surface area contributed by atoms with Crippen LogP contribution in [-0.4, -0.2) is 28.7 Å². The number of likely N-dealkylation sites (tertiary alicyclic amines) is 1. The highest BCUT2D eigenvalue weighted by molar-refractivity contribution is 6.51. The highest BCUT2D eigenvalue weighted by Crippen LogP contribution is 2.32. The summed E-state index contributed by atoms with van der Waals surface area (Å²) in [7, 11) is 0. The Morgan fingerprint density at radius 1 is 1.35 bits per heavy atom. The summed E-state index contributed by atoms with van der Waals surface area (Å²) in [6, 6.07) is 7.20. The molecule has 1 aromatic carbocycles. The lowest BCUT2D eigenvalue weighted by Gasteiger charge is -2.24. The lowest BCUT2D eigenvalue weighted by atomic mass is 9.90. The third-order valence-corrected chi connectivity index (χ3v) is 4.43. The highest BCUT2D eigenvalue weighted by atomic mass is 16.5. The Kier molecular flexibility index (Phi) is 4.12. The molecule has 7 heteroatoms. The second kappa shape index (κ2) is 6.15. The summed E-state index contributed by atoms with van der Waals surface area (Å²) in [6.07, 6.45) is 4.34. The number of rotatable bonds is 3. The molecule has 2 N–H and O–H groups in total.